The Bertz CT molecular complexity index is 1220. The molecule has 1 atom stereocenters. The number of nitrogens with one attached hydrogen (secondary N) is 1. The number of hydrogen-bond acceptors (Lipinski definition) is 4. The van der Waals surface area contributed by atoms with Crippen LogP contribution >= 0.6 is 11.6 Å². The van der Waals surface area contributed by atoms with Gasteiger partial charge in [0.2, 0.25) is 21.8 Å². The molecule has 0 aliphatic rings. The third kappa shape index (κ3) is 7.86. The van der Waals surface area contributed by atoms with E-state index in [2.05, 4.69) is 5.32 Å². The molecule has 0 aliphatic heterocycles. The van der Waals surface area contributed by atoms with Crippen molar-refractivity contribution in [3.8, 4) is 0 Å². The predicted octanol–water partition coefficient (Wildman–Crippen LogP) is 4.38. The number of carbonyl (C=O) groups excluding carboxylic acids is 2. The third-order valence-corrected chi connectivity index (χ3v) is 6.70. The Balaban J connectivity index is 2.50. The first-order chi connectivity index (χ1) is 16.5. The number of rotatable bonds is 9. The van der Waals surface area contributed by atoms with E-state index in [1.54, 1.807) is 26.0 Å². The summed E-state index contributed by atoms with van der Waals surface area (Å²) in [7, 11) is -4.24. The molecule has 0 fully saturated rings. The normalized spacial score (nSPS) is 12.8. The minimum atomic E-state index is -4.76. The molecule has 0 spiro atoms. The van der Waals surface area contributed by atoms with Crippen molar-refractivity contribution >= 4 is 39.1 Å². The van der Waals surface area contributed by atoms with Gasteiger partial charge in [-0.25, -0.2) is 8.42 Å². The summed E-state index contributed by atoms with van der Waals surface area (Å²) >= 11 is 6.07. The summed E-state index contributed by atoms with van der Waals surface area (Å²) in [5.74, 6) is -1.25. The summed E-state index contributed by atoms with van der Waals surface area (Å²) in [6.07, 6.45) is -4.00. The van der Waals surface area contributed by atoms with E-state index < -0.39 is 51.9 Å². The lowest BCUT2D eigenvalue weighted by Crippen LogP contribution is -2.52. The average molecular weight is 548 g/mol. The van der Waals surface area contributed by atoms with Crippen molar-refractivity contribution in [2.45, 2.75) is 52.5 Å². The molecule has 36 heavy (non-hydrogen) atoms. The molecule has 12 heteroatoms. The van der Waals surface area contributed by atoms with E-state index in [0.29, 0.717) is 15.9 Å². The van der Waals surface area contributed by atoms with Crippen molar-refractivity contribution in [1.82, 2.24) is 10.2 Å². The minimum absolute atomic E-state index is 0.0267. The highest BCUT2D eigenvalue weighted by molar-refractivity contribution is 7.92. The average Bonchev–Trinajstić information content (AvgIpc) is 2.73. The molecule has 198 valence electrons. The summed E-state index contributed by atoms with van der Waals surface area (Å²) in [6, 6.07) is 8.19. The number of anilines is 1. The van der Waals surface area contributed by atoms with E-state index in [4.69, 9.17) is 11.6 Å². The molecule has 1 N–H and O–H groups in total. The van der Waals surface area contributed by atoms with Gasteiger partial charge < -0.3 is 10.2 Å². The summed E-state index contributed by atoms with van der Waals surface area (Å²) in [5, 5.41) is 2.43. The summed E-state index contributed by atoms with van der Waals surface area (Å²) in [5.41, 5.74) is -0.00956. The zero-order valence-corrected chi connectivity index (χ0v) is 22.1. The Morgan fingerprint density at radius 2 is 1.72 bits per heavy atom. The van der Waals surface area contributed by atoms with Crippen molar-refractivity contribution in [3.05, 3.63) is 64.2 Å². The van der Waals surface area contributed by atoms with Gasteiger partial charge in [-0.2, -0.15) is 13.2 Å². The topological polar surface area (TPSA) is 86.8 Å². The molecular weight excluding hydrogens is 519 g/mol. The highest BCUT2D eigenvalue weighted by Gasteiger charge is 2.34. The molecule has 2 rings (SSSR count). The fourth-order valence-electron chi connectivity index (χ4n) is 3.47. The van der Waals surface area contributed by atoms with E-state index in [1.807, 2.05) is 19.1 Å². The lowest BCUT2D eigenvalue weighted by molar-refractivity contribution is -0.139. The van der Waals surface area contributed by atoms with E-state index in [9.17, 15) is 31.2 Å². The van der Waals surface area contributed by atoms with Gasteiger partial charge in [0, 0.05) is 12.6 Å². The Hall–Kier alpha value is -2.79. The van der Waals surface area contributed by atoms with Gasteiger partial charge in [0.15, 0.2) is 0 Å². The van der Waals surface area contributed by atoms with Gasteiger partial charge in [0.05, 0.1) is 22.5 Å². The Kier molecular flexibility index (Phi) is 9.41. The van der Waals surface area contributed by atoms with Gasteiger partial charge in [0.25, 0.3) is 0 Å². The number of benzene rings is 2. The SMILES string of the molecule is Cc1cccc(CN(C(=O)CN(c2cc(C(F)(F)F)ccc2Cl)S(C)(=O)=O)[C@H](C)C(=O)NC(C)C)c1. The number of sulfonamides is 1. The number of alkyl halides is 3. The van der Waals surface area contributed by atoms with Crippen LogP contribution in [0.4, 0.5) is 18.9 Å². The van der Waals surface area contributed by atoms with Crippen molar-refractivity contribution in [1.29, 1.82) is 0 Å². The molecule has 0 heterocycles. The zero-order chi connectivity index (χ0) is 27.4. The fourth-order valence-corrected chi connectivity index (χ4v) is 4.59. The summed E-state index contributed by atoms with van der Waals surface area (Å²) in [6.45, 7) is 5.96. The first kappa shape index (κ1) is 29.4. The number of carbonyl (C=O) groups is 2. The smallest absolute Gasteiger partial charge is 0.352 e. The van der Waals surface area contributed by atoms with Gasteiger partial charge in [-0.3, -0.25) is 13.9 Å². The summed E-state index contributed by atoms with van der Waals surface area (Å²) in [4.78, 5) is 27.4. The molecular formula is C24H29ClF3N3O4S. The van der Waals surface area contributed by atoms with Gasteiger partial charge in [-0.15, -0.1) is 0 Å². The van der Waals surface area contributed by atoms with Gasteiger partial charge in [-0.1, -0.05) is 41.4 Å². The molecule has 7 nitrogen and oxygen atoms in total. The zero-order valence-electron chi connectivity index (χ0n) is 20.6. The number of halogens is 4. The van der Waals surface area contributed by atoms with Crippen LogP contribution in [0.15, 0.2) is 42.5 Å². The molecule has 2 aromatic carbocycles. The van der Waals surface area contributed by atoms with Crippen LogP contribution < -0.4 is 9.62 Å². The highest BCUT2D eigenvalue weighted by atomic mass is 35.5. The van der Waals surface area contributed by atoms with Crippen molar-refractivity contribution in [2.24, 2.45) is 0 Å². The lowest BCUT2D eigenvalue weighted by Gasteiger charge is -2.32. The van der Waals surface area contributed by atoms with Crippen LogP contribution in [-0.2, 0) is 32.3 Å². The van der Waals surface area contributed by atoms with E-state index in [-0.39, 0.29) is 17.6 Å². The molecule has 0 unspecified atom stereocenters. The van der Waals surface area contributed by atoms with Gasteiger partial charge >= 0.3 is 6.18 Å². The molecule has 2 amide bonds. The van der Waals surface area contributed by atoms with E-state index in [1.165, 1.54) is 11.8 Å². The summed E-state index contributed by atoms with van der Waals surface area (Å²) < 4.78 is 65.6. The van der Waals surface area contributed by atoms with Crippen LogP contribution in [0.1, 0.15) is 37.5 Å². The van der Waals surface area contributed by atoms with Crippen LogP contribution in [0.25, 0.3) is 0 Å². The molecule has 0 aromatic heterocycles. The van der Waals surface area contributed by atoms with Crippen molar-refractivity contribution < 1.29 is 31.2 Å². The second kappa shape index (κ2) is 11.5. The standard InChI is InChI=1S/C24H29ClF3N3O4S/c1-15(2)29-23(33)17(4)30(13-18-8-6-7-16(3)11-18)22(32)14-31(36(5,34)35)21-12-19(24(26,27)28)9-10-20(21)25/h6-12,15,17H,13-14H2,1-5H3,(H,29,33)/t17-/m1/s1. The van der Waals surface area contributed by atoms with Gasteiger partial charge in [-0.05, 0) is 51.5 Å². The number of nitrogens with zero attached hydrogens (tertiary/aromatic N) is 2. The van der Waals surface area contributed by atoms with Crippen LogP contribution in [0.2, 0.25) is 5.02 Å². The number of aryl methyl sites for hydroxylation is 1. The van der Waals surface area contributed by atoms with Gasteiger partial charge in [0.1, 0.15) is 12.6 Å². The van der Waals surface area contributed by atoms with Crippen molar-refractivity contribution in [2.75, 3.05) is 17.1 Å². The largest absolute Gasteiger partial charge is 0.416 e. The van der Waals surface area contributed by atoms with Crippen LogP contribution in [-0.4, -0.2) is 50.0 Å². The van der Waals surface area contributed by atoms with Crippen LogP contribution in [0, 0.1) is 6.92 Å². The maximum atomic E-state index is 13.5. The molecule has 0 saturated carbocycles. The molecule has 2 aromatic rings. The first-order valence-corrected chi connectivity index (χ1v) is 13.2. The van der Waals surface area contributed by atoms with E-state index >= 15 is 0 Å². The minimum Gasteiger partial charge on any atom is -0.352 e. The van der Waals surface area contributed by atoms with Crippen molar-refractivity contribution in [3.63, 3.8) is 0 Å². The van der Waals surface area contributed by atoms with Crippen LogP contribution in [0.3, 0.4) is 0 Å². The molecule has 0 radical (unpaired) electrons. The molecule has 0 saturated heterocycles. The fraction of sp³-hybridized carbons (Fsp3) is 0.417. The van der Waals surface area contributed by atoms with E-state index in [0.717, 1.165) is 24.0 Å². The predicted molar refractivity (Wildman–Crippen MR) is 133 cm³/mol. The monoisotopic (exact) mass is 547 g/mol. The third-order valence-electron chi connectivity index (χ3n) is 5.25. The lowest BCUT2D eigenvalue weighted by atomic mass is 10.1. The second-order valence-electron chi connectivity index (χ2n) is 8.78. The highest BCUT2D eigenvalue weighted by Crippen LogP contribution is 2.36. The first-order valence-electron chi connectivity index (χ1n) is 11.0. The Morgan fingerprint density at radius 1 is 1.08 bits per heavy atom. The number of amides is 2. The Morgan fingerprint density at radius 3 is 2.25 bits per heavy atom. The van der Waals surface area contributed by atoms with Crippen LogP contribution in [0.5, 0.6) is 0 Å². The molecule has 0 aliphatic carbocycles. The second-order valence-corrected chi connectivity index (χ2v) is 11.1. The Labute approximate surface area is 214 Å². The number of hydrogen-bond donors (Lipinski definition) is 1. The molecule has 0 bridgehead atoms. The maximum absolute atomic E-state index is 13.5. The maximum Gasteiger partial charge on any atom is 0.416 e. The quantitative estimate of drug-likeness (QED) is 0.505.